The van der Waals surface area contributed by atoms with Gasteiger partial charge in [-0.05, 0) is 75.5 Å². The summed E-state index contributed by atoms with van der Waals surface area (Å²) in [5.41, 5.74) is 14.9. The van der Waals surface area contributed by atoms with Crippen LogP contribution in [-0.4, -0.2) is 43.0 Å². The SMILES string of the molecule is NCc1cccc(Oc2ccccc2N(Cc2ccc(-c3ccsc3)cc2)C(=O)CCC(=O)NN2CCN(c3ccccc3)CC2)c1. The van der Waals surface area contributed by atoms with E-state index in [1.807, 2.05) is 83.9 Å². The Labute approximate surface area is 280 Å². The van der Waals surface area contributed by atoms with Crippen LogP contribution in [-0.2, 0) is 22.7 Å². The van der Waals surface area contributed by atoms with Gasteiger partial charge in [0.1, 0.15) is 5.75 Å². The lowest BCUT2D eigenvalue weighted by Gasteiger charge is -2.36. The zero-order valence-electron chi connectivity index (χ0n) is 26.3. The highest BCUT2D eigenvalue weighted by atomic mass is 32.1. The number of nitrogens with zero attached hydrogens (tertiary/aromatic N) is 3. The highest BCUT2D eigenvalue weighted by Gasteiger charge is 2.23. The number of nitrogens with one attached hydrogen (secondary N) is 1. The molecule has 2 heterocycles. The van der Waals surface area contributed by atoms with E-state index in [-0.39, 0.29) is 24.7 Å². The monoisotopic (exact) mass is 645 g/mol. The van der Waals surface area contributed by atoms with Crippen molar-refractivity contribution in [1.82, 2.24) is 10.4 Å². The molecule has 4 aromatic carbocycles. The first kappa shape index (κ1) is 32.0. The highest BCUT2D eigenvalue weighted by molar-refractivity contribution is 7.08. The van der Waals surface area contributed by atoms with Crippen LogP contribution in [0.3, 0.4) is 0 Å². The average molecular weight is 646 g/mol. The van der Waals surface area contributed by atoms with Crippen LogP contribution in [0.2, 0.25) is 0 Å². The predicted octanol–water partition coefficient (Wildman–Crippen LogP) is 6.83. The first-order valence-electron chi connectivity index (χ1n) is 15.9. The number of carbonyl (C=O) groups excluding carboxylic acids is 2. The molecule has 1 fully saturated rings. The van der Waals surface area contributed by atoms with Crippen LogP contribution in [0.25, 0.3) is 11.1 Å². The molecule has 1 aromatic heterocycles. The third-order valence-electron chi connectivity index (χ3n) is 8.22. The minimum atomic E-state index is -0.172. The maximum atomic E-state index is 14.0. The number of rotatable bonds is 12. The second-order valence-corrected chi connectivity index (χ2v) is 12.2. The van der Waals surface area contributed by atoms with Crippen LogP contribution in [0.5, 0.6) is 11.5 Å². The predicted molar refractivity (Wildman–Crippen MR) is 189 cm³/mol. The van der Waals surface area contributed by atoms with Gasteiger partial charge in [-0.3, -0.25) is 15.0 Å². The Bertz CT molecular complexity index is 1750. The van der Waals surface area contributed by atoms with Gasteiger partial charge in [0, 0.05) is 51.3 Å². The normalized spacial score (nSPS) is 13.3. The van der Waals surface area contributed by atoms with E-state index in [1.165, 1.54) is 11.3 Å². The van der Waals surface area contributed by atoms with Crippen LogP contribution < -0.4 is 25.7 Å². The minimum absolute atomic E-state index is 0.0554. The molecule has 0 spiro atoms. The molecule has 0 aliphatic carbocycles. The third kappa shape index (κ3) is 8.45. The van der Waals surface area contributed by atoms with E-state index < -0.39 is 0 Å². The Morgan fingerprint density at radius 2 is 1.55 bits per heavy atom. The second kappa shape index (κ2) is 15.6. The van der Waals surface area contributed by atoms with Gasteiger partial charge in [0.2, 0.25) is 11.8 Å². The lowest BCUT2D eigenvalue weighted by atomic mass is 10.1. The molecule has 2 amide bonds. The van der Waals surface area contributed by atoms with Gasteiger partial charge in [0.15, 0.2) is 5.75 Å². The first-order valence-corrected chi connectivity index (χ1v) is 16.8. The number of ether oxygens (including phenoxy) is 1. The number of thiophene rings is 1. The number of benzene rings is 4. The molecule has 1 aliphatic heterocycles. The van der Waals surface area contributed by atoms with Gasteiger partial charge in [-0.15, -0.1) is 0 Å². The summed E-state index contributed by atoms with van der Waals surface area (Å²) in [5, 5.41) is 6.12. The highest BCUT2D eigenvalue weighted by Crippen LogP contribution is 2.34. The molecule has 1 saturated heterocycles. The summed E-state index contributed by atoms with van der Waals surface area (Å²) >= 11 is 1.66. The smallest absolute Gasteiger partial charge is 0.234 e. The average Bonchev–Trinajstić information content (AvgIpc) is 3.66. The van der Waals surface area contributed by atoms with Crippen molar-refractivity contribution >= 4 is 34.5 Å². The van der Waals surface area contributed by atoms with Crippen molar-refractivity contribution in [3.8, 4) is 22.6 Å². The summed E-state index contributed by atoms with van der Waals surface area (Å²) < 4.78 is 6.32. The molecule has 1 aliphatic rings. The number of piperazine rings is 1. The number of hydrogen-bond acceptors (Lipinski definition) is 7. The minimum Gasteiger partial charge on any atom is -0.455 e. The number of hydrazine groups is 1. The molecule has 5 aromatic rings. The quantitative estimate of drug-likeness (QED) is 0.155. The van der Waals surface area contributed by atoms with Crippen LogP contribution in [0.1, 0.15) is 24.0 Å². The summed E-state index contributed by atoms with van der Waals surface area (Å²) in [5.74, 6) is 0.850. The topological polar surface area (TPSA) is 91.1 Å². The summed E-state index contributed by atoms with van der Waals surface area (Å²) in [4.78, 5) is 31.0. The Hall–Kier alpha value is -4.96. The van der Waals surface area contributed by atoms with Crippen molar-refractivity contribution in [2.45, 2.75) is 25.9 Å². The van der Waals surface area contributed by atoms with Crippen molar-refractivity contribution in [3.05, 3.63) is 131 Å². The van der Waals surface area contributed by atoms with Gasteiger partial charge < -0.3 is 20.3 Å². The van der Waals surface area contributed by atoms with Gasteiger partial charge >= 0.3 is 0 Å². The van der Waals surface area contributed by atoms with E-state index in [2.05, 4.69) is 51.4 Å². The van der Waals surface area contributed by atoms with Gasteiger partial charge in [0.05, 0.1) is 12.2 Å². The Morgan fingerprint density at radius 3 is 2.30 bits per heavy atom. The maximum absolute atomic E-state index is 14.0. The van der Waals surface area contributed by atoms with Crippen LogP contribution >= 0.6 is 11.3 Å². The van der Waals surface area contributed by atoms with Crippen molar-refractivity contribution in [1.29, 1.82) is 0 Å². The van der Waals surface area contributed by atoms with Crippen molar-refractivity contribution in [3.63, 3.8) is 0 Å². The number of para-hydroxylation sites is 3. The van der Waals surface area contributed by atoms with E-state index >= 15 is 0 Å². The van der Waals surface area contributed by atoms with Crippen molar-refractivity contribution in [2.24, 2.45) is 5.73 Å². The van der Waals surface area contributed by atoms with E-state index in [4.69, 9.17) is 10.5 Å². The Morgan fingerprint density at radius 1 is 0.787 bits per heavy atom. The standard InChI is InChI=1S/C38H39N5O3S/c39-26-30-7-6-10-34(25-30)46-36-12-5-4-11-35(36)43(27-29-13-15-31(16-14-29)32-19-24-47-28-32)38(45)18-17-37(44)40-42-22-20-41(21-23-42)33-8-2-1-3-9-33/h1-16,19,24-25,28H,17-18,20-23,26-27,39H2,(H,40,44). The molecule has 0 radical (unpaired) electrons. The zero-order valence-corrected chi connectivity index (χ0v) is 27.1. The summed E-state index contributed by atoms with van der Waals surface area (Å²) in [6.45, 7) is 3.77. The summed E-state index contributed by atoms with van der Waals surface area (Å²) in [7, 11) is 0. The molecule has 3 N–H and O–H groups in total. The molecule has 0 atom stereocenters. The molecule has 0 bridgehead atoms. The molecule has 240 valence electrons. The molecular formula is C38H39N5O3S. The largest absolute Gasteiger partial charge is 0.455 e. The molecule has 6 rings (SSSR count). The molecule has 0 unspecified atom stereocenters. The van der Waals surface area contributed by atoms with Crippen LogP contribution in [0, 0.1) is 0 Å². The fourth-order valence-corrected chi connectivity index (χ4v) is 6.32. The van der Waals surface area contributed by atoms with E-state index in [0.29, 0.717) is 43.4 Å². The fourth-order valence-electron chi connectivity index (χ4n) is 5.65. The van der Waals surface area contributed by atoms with Gasteiger partial charge in [-0.25, -0.2) is 5.01 Å². The van der Waals surface area contributed by atoms with E-state index in [9.17, 15) is 9.59 Å². The van der Waals surface area contributed by atoms with E-state index in [0.717, 1.165) is 29.8 Å². The summed E-state index contributed by atoms with van der Waals surface area (Å²) in [6, 6.07) is 35.7. The lowest BCUT2D eigenvalue weighted by Crippen LogP contribution is -2.53. The van der Waals surface area contributed by atoms with Crippen molar-refractivity contribution < 1.29 is 14.3 Å². The fraction of sp³-hybridized carbons (Fsp3) is 0.211. The zero-order chi connectivity index (χ0) is 32.4. The second-order valence-electron chi connectivity index (χ2n) is 11.5. The molecular weight excluding hydrogens is 607 g/mol. The van der Waals surface area contributed by atoms with Gasteiger partial charge in [-0.2, -0.15) is 11.3 Å². The number of amides is 2. The van der Waals surface area contributed by atoms with E-state index in [1.54, 1.807) is 16.2 Å². The number of carbonyl (C=O) groups is 2. The number of hydrogen-bond donors (Lipinski definition) is 2. The molecule has 8 nitrogen and oxygen atoms in total. The van der Waals surface area contributed by atoms with Gasteiger partial charge in [0.25, 0.3) is 0 Å². The molecule has 9 heteroatoms. The maximum Gasteiger partial charge on any atom is 0.234 e. The Balaban J connectivity index is 1.15. The van der Waals surface area contributed by atoms with Crippen LogP contribution in [0.15, 0.2) is 120 Å². The van der Waals surface area contributed by atoms with Crippen molar-refractivity contribution in [2.75, 3.05) is 36.0 Å². The summed E-state index contributed by atoms with van der Waals surface area (Å²) in [6.07, 6.45) is 0.132. The molecule has 47 heavy (non-hydrogen) atoms. The number of nitrogens with two attached hydrogens (primary N) is 1. The van der Waals surface area contributed by atoms with Gasteiger partial charge in [-0.1, -0.05) is 66.7 Å². The lowest BCUT2D eigenvalue weighted by molar-refractivity contribution is -0.128. The third-order valence-corrected chi connectivity index (χ3v) is 8.90. The number of anilines is 2. The molecule has 0 saturated carbocycles. The first-order chi connectivity index (χ1) is 23.1. The van der Waals surface area contributed by atoms with Crippen LogP contribution in [0.4, 0.5) is 11.4 Å². The Kier molecular flexibility index (Phi) is 10.6.